The van der Waals surface area contributed by atoms with E-state index in [1.165, 1.54) is 0 Å². The third-order valence-corrected chi connectivity index (χ3v) is 3.18. The maximum absolute atomic E-state index is 5.25. The first-order valence-corrected chi connectivity index (χ1v) is 5.68. The second-order valence-electron chi connectivity index (χ2n) is 3.17. The molecule has 0 unspecified atom stereocenters. The Kier molecular flexibility index (Phi) is 4.54. The van der Waals surface area contributed by atoms with Crippen LogP contribution in [0.3, 0.4) is 0 Å². The van der Waals surface area contributed by atoms with Gasteiger partial charge in [-0.1, -0.05) is 15.9 Å². The summed E-state index contributed by atoms with van der Waals surface area (Å²) >= 11 is 8.52. The fourth-order valence-electron chi connectivity index (χ4n) is 1.28. The number of hydrogen-bond donors (Lipinski definition) is 0. The molecule has 1 aromatic carbocycles. The van der Waals surface area contributed by atoms with Crippen molar-refractivity contribution in [2.24, 2.45) is 0 Å². The van der Waals surface area contributed by atoms with Crippen LogP contribution in [0.4, 0.5) is 0 Å². The SMILES string of the molecule is COC(=S)Cc1cc(OC)c(C)cc1Br. The van der Waals surface area contributed by atoms with Crippen LogP contribution >= 0.6 is 28.1 Å². The molecule has 0 saturated carbocycles. The smallest absolute Gasteiger partial charge is 0.163 e. The van der Waals surface area contributed by atoms with E-state index in [2.05, 4.69) is 15.9 Å². The Morgan fingerprint density at radius 2 is 2.07 bits per heavy atom. The molecule has 0 fully saturated rings. The third-order valence-electron chi connectivity index (χ3n) is 2.13. The normalized spacial score (nSPS) is 9.87. The minimum absolute atomic E-state index is 0.571. The molecular weight excluding hydrogens is 276 g/mol. The van der Waals surface area contributed by atoms with Gasteiger partial charge in [-0.15, -0.1) is 0 Å². The maximum atomic E-state index is 5.25. The van der Waals surface area contributed by atoms with E-state index in [9.17, 15) is 0 Å². The molecule has 4 heteroatoms. The van der Waals surface area contributed by atoms with Gasteiger partial charge in [-0.2, -0.15) is 0 Å². The summed E-state index contributed by atoms with van der Waals surface area (Å²) in [6.45, 7) is 2.00. The Labute approximate surface area is 104 Å². The van der Waals surface area contributed by atoms with E-state index in [-0.39, 0.29) is 0 Å². The average molecular weight is 289 g/mol. The quantitative estimate of drug-likeness (QED) is 0.796. The van der Waals surface area contributed by atoms with Crippen LogP contribution in [0, 0.1) is 6.92 Å². The van der Waals surface area contributed by atoms with Gasteiger partial charge in [-0.3, -0.25) is 0 Å². The summed E-state index contributed by atoms with van der Waals surface area (Å²) < 4.78 is 11.3. The molecule has 82 valence electrons. The molecule has 15 heavy (non-hydrogen) atoms. The maximum Gasteiger partial charge on any atom is 0.163 e. The van der Waals surface area contributed by atoms with Crippen molar-refractivity contribution in [3.8, 4) is 5.75 Å². The zero-order valence-corrected chi connectivity index (χ0v) is 11.4. The number of methoxy groups -OCH3 is 2. The molecule has 2 nitrogen and oxygen atoms in total. The Morgan fingerprint density at radius 1 is 1.40 bits per heavy atom. The minimum Gasteiger partial charge on any atom is -0.496 e. The van der Waals surface area contributed by atoms with Gasteiger partial charge < -0.3 is 9.47 Å². The molecule has 0 atom stereocenters. The second kappa shape index (κ2) is 5.47. The highest BCUT2D eigenvalue weighted by Gasteiger charge is 2.08. The van der Waals surface area contributed by atoms with Gasteiger partial charge in [0.1, 0.15) is 5.75 Å². The van der Waals surface area contributed by atoms with Gasteiger partial charge in [-0.25, -0.2) is 0 Å². The minimum atomic E-state index is 0.571. The molecule has 0 amide bonds. The van der Waals surface area contributed by atoms with Crippen molar-refractivity contribution in [3.05, 3.63) is 27.7 Å². The zero-order valence-electron chi connectivity index (χ0n) is 8.96. The lowest BCUT2D eigenvalue weighted by molar-refractivity contribution is 0.404. The molecule has 0 aliphatic carbocycles. The first-order valence-electron chi connectivity index (χ1n) is 4.48. The number of rotatable bonds is 3. The highest BCUT2D eigenvalue weighted by molar-refractivity contribution is 9.10. The number of ether oxygens (including phenoxy) is 2. The highest BCUT2D eigenvalue weighted by atomic mass is 79.9. The number of aryl methyl sites for hydroxylation is 1. The zero-order chi connectivity index (χ0) is 11.4. The first-order chi connectivity index (χ1) is 7.08. The van der Waals surface area contributed by atoms with E-state index in [4.69, 9.17) is 21.7 Å². The average Bonchev–Trinajstić information content (AvgIpc) is 2.21. The van der Waals surface area contributed by atoms with Crippen molar-refractivity contribution in [2.45, 2.75) is 13.3 Å². The van der Waals surface area contributed by atoms with Crippen molar-refractivity contribution in [2.75, 3.05) is 14.2 Å². The Bertz CT molecular complexity index is 377. The molecule has 0 saturated heterocycles. The fraction of sp³-hybridized carbons (Fsp3) is 0.364. The van der Waals surface area contributed by atoms with E-state index < -0.39 is 0 Å². The van der Waals surface area contributed by atoms with Gasteiger partial charge in [0.05, 0.1) is 14.2 Å². The molecule has 0 N–H and O–H groups in total. The van der Waals surface area contributed by atoms with Gasteiger partial charge in [0.15, 0.2) is 5.05 Å². The number of thiocarbonyl (C=S) groups is 1. The van der Waals surface area contributed by atoms with Crippen molar-refractivity contribution >= 4 is 33.2 Å². The molecule has 0 aliphatic rings. The van der Waals surface area contributed by atoms with Crippen LogP contribution in [0.2, 0.25) is 0 Å². The molecule has 0 aliphatic heterocycles. The van der Waals surface area contributed by atoms with E-state index in [0.29, 0.717) is 11.5 Å². The fourth-order valence-corrected chi connectivity index (χ4v) is 2.03. The molecule has 0 bridgehead atoms. The Balaban J connectivity index is 3.02. The largest absolute Gasteiger partial charge is 0.496 e. The predicted octanol–water partition coefficient (Wildman–Crippen LogP) is 3.28. The van der Waals surface area contributed by atoms with E-state index in [0.717, 1.165) is 21.3 Å². The van der Waals surface area contributed by atoms with Gasteiger partial charge >= 0.3 is 0 Å². The van der Waals surface area contributed by atoms with Gasteiger partial charge in [0, 0.05) is 10.9 Å². The molecule has 1 rings (SSSR count). The third kappa shape index (κ3) is 3.18. The number of hydrogen-bond acceptors (Lipinski definition) is 3. The first kappa shape index (κ1) is 12.5. The summed E-state index contributed by atoms with van der Waals surface area (Å²) in [5.41, 5.74) is 2.17. The second-order valence-corrected chi connectivity index (χ2v) is 4.48. The molecule has 0 spiro atoms. The summed E-state index contributed by atoms with van der Waals surface area (Å²) in [5, 5.41) is 0.571. The standard InChI is InChI=1S/C11H13BrO2S/c1-7-4-9(12)8(5-10(7)13-2)6-11(15)14-3/h4-5H,6H2,1-3H3. The summed E-state index contributed by atoms with van der Waals surface area (Å²) in [7, 11) is 3.25. The van der Waals surface area contributed by atoms with Crippen LogP contribution in [-0.2, 0) is 11.2 Å². The van der Waals surface area contributed by atoms with Crippen molar-refractivity contribution in [3.63, 3.8) is 0 Å². The molecule has 0 heterocycles. The van der Waals surface area contributed by atoms with Crippen molar-refractivity contribution < 1.29 is 9.47 Å². The van der Waals surface area contributed by atoms with Gasteiger partial charge in [-0.05, 0) is 42.4 Å². The van der Waals surface area contributed by atoms with Crippen molar-refractivity contribution in [1.82, 2.24) is 0 Å². The van der Waals surface area contributed by atoms with Crippen LogP contribution in [0.25, 0.3) is 0 Å². The lowest BCUT2D eigenvalue weighted by atomic mass is 10.1. The topological polar surface area (TPSA) is 18.5 Å². The van der Waals surface area contributed by atoms with Crippen LogP contribution < -0.4 is 4.74 Å². The monoisotopic (exact) mass is 288 g/mol. The van der Waals surface area contributed by atoms with E-state index in [1.807, 2.05) is 19.1 Å². The predicted molar refractivity (Wildman–Crippen MR) is 68.7 cm³/mol. The molecule has 1 aromatic rings. The molecule has 0 radical (unpaired) electrons. The summed E-state index contributed by atoms with van der Waals surface area (Å²) in [4.78, 5) is 0. The summed E-state index contributed by atoms with van der Waals surface area (Å²) in [6.07, 6.45) is 0.614. The van der Waals surface area contributed by atoms with Crippen LogP contribution in [0.1, 0.15) is 11.1 Å². The van der Waals surface area contributed by atoms with Crippen LogP contribution in [0.15, 0.2) is 16.6 Å². The number of benzene rings is 1. The van der Waals surface area contributed by atoms with Crippen LogP contribution in [-0.4, -0.2) is 19.3 Å². The molecule has 0 aromatic heterocycles. The van der Waals surface area contributed by atoms with E-state index in [1.54, 1.807) is 14.2 Å². The Hall–Kier alpha value is -0.610. The Morgan fingerprint density at radius 3 is 2.60 bits per heavy atom. The van der Waals surface area contributed by atoms with Crippen LogP contribution in [0.5, 0.6) is 5.75 Å². The van der Waals surface area contributed by atoms with Gasteiger partial charge in [0.25, 0.3) is 0 Å². The highest BCUT2D eigenvalue weighted by Crippen LogP contribution is 2.27. The summed E-state index contributed by atoms with van der Waals surface area (Å²) in [6, 6.07) is 4.00. The lowest BCUT2D eigenvalue weighted by Crippen LogP contribution is -2.03. The number of halogens is 1. The van der Waals surface area contributed by atoms with Gasteiger partial charge in [0.2, 0.25) is 0 Å². The van der Waals surface area contributed by atoms with Crippen molar-refractivity contribution in [1.29, 1.82) is 0 Å². The summed E-state index contributed by atoms with van der Waals surface area (Å²) in [5.74, 6) is 0.868. The lowest BCUT2D eigenvalue weighted by Gasteiger charge is -2.10. The molecular formula is C11H13BrO2S. The van der Waals surface area contributed by atoms with E-state index >= 15 is 0 Å².